The molecule has 0 amide bonds. The van der Waals surface area contributed by atoms with E-state index in [4.69, 9.17) is 0 Å². The molecular weight excluding hydrogens is 324 g/mol. The van der Waals surface area contributed by atoms with E-state index in [1.807, 2.05) is 6.07 Å². The number of phenolic OH excluding ortho intramolecular Hbond substituents is 3. The Labute approximate surface area is 140 Å². The van der Waals surface area contributed by atoms with Crippen molar-refractivity contribution in [3.05, 3.63) is 59.1 Å². The van der Waals surface area contributed by atoms with Crippen molar-refractivity contribution in [1.29, 1.82) is 0 Å². The lowest BCUT2D eigenvalue weighted by molar-refractivity contribution is 0.371. The summed E-state index contributed by atoms with van der Waals surface area (Å²) in [4.78, 5) is 17.4. The Hall–Kier alpha value is -3.81. The van der Waals surface area contributed by atoms with Crippen molar-refractivity contribution in [2.45, 2.75) is 0 Å². The smallest absolute Gasteiger partial charge is 0.270 e. The van der Waals surface area contributed by atoms with Gasteiger partial charge in [0, 0.05) is 17.8 Å². The van der Waals surface area contributed by atoms with Crippen LogP contribution in [0.4, 0.5) is 0 Å². The van der Waals surface area contributed by atoms with Crippen LogP contribution in [-0.4, -0.2) is 35.1 Å². The normalized spacial score (nSPS) is 11.0. The second kappa shape index (κ2) is 5.38. The predicted octanol–water partition coefficient (Wildman–Crippen LogP) is 1.89. The number of nitrogens with zero attached hydrogens (tertiary/aromatic N) is 3. The van der Waals surface area contributed by atoms with E-state index in [2.05, 4.69) is 15.2 Å². The third-order valence-corrected chi connectivity index (χ3v) is 3.86. The quantitative estimate of drug-likeness (QED) is 0.414. The molecule has 2 aromatic heterocycles. The van der Waals surface area contributed by atoms with E-state index in [0.29, 0.717) is 17.1 Å². The molecule has 0 fully saturated rings. The molecule has 0 saturated carbocycles. The van der Waals surface area contributed by atoms with Gasteiger partial charge in [0.05, 0.1) is 17.4 Å². The lowest BCUT2D eigenvalue weighted by atomic mass is 10.1. The fourth-order valence-corrected chi connectivity index (χ4v) is 2.69. The molecule has 0 atom stereocenters. The van der Waals surface area contributed by atoms with Gasteiger partial charge in [-0.3, -0.25) is 14.5 Å². The van der Waals surface area contributed by atoms with E-state index in [1.54, 1.807) is 24.3 Å². The summed E-state index contributed by atoms with van der Waals surface area (Å²) in [6.45, 7) is 0. The molecule has 0 aliphatic heterocycles. The lowest BCUT2D eigenvalue weighted by Gasteiger charge is -2.13. The third-order valence-electron chi connectivity index (χ3n) is 3.86. The molecule has 0 aliphatic rings. The van der Waals surface area contributed by atoms with Crippen LogP contribution < -0.4 is 5.56 Å². The summed E-state index contributed by atoms with van der Waals surface area (Å²) < 4.78 is 1.28. The second-order valence-electron chi connectivity index (χ2n) is 5.39. The highest BCUT2D eigenvalue weighted by Gasteiger charge is 2.21. The molecule has 0 bridgehead atoms. The van der Waals surface area contributed by atoms with Gasteiger partial charge < -0.3 is 15.3 Å². The van der Waals surface area contributed by atoms with Crippen LogP contribution in [0.3, 0.4) is 0 Å². The third kappa shape index (κ3) is 2.19. The topological polar surface area (TPSA) is 124 Å². The monoisotopic (exact) mass is 336 g/mol. The summed E-state index contributed by atoms with van der Waals surface area (Å²) in [5.74, 6) is -1.73. The molecule has 8 nitrogen and oxygen atoms in total. The fraction of sp³-hybridized carbons (Fsp3) is 0. The first kappa shape index (κ1) is 14.8. The van der Waals surface area contributed by atoms with Crippen LogP contribution in [0.15, 0.2) is 53.6 Å². The van der Waals surface area contributed by atoms with Gasteiger partial charge in [-0.25, -0.2) is 4.98 Å². The molecular formula is C17H12N4O4. The first-order valence-electron chi connectivity index (χ1n) is 7.33. The number of H-pyrrole nitrogens is 1. The molecule has 0 radical (unpaired) electrons. The lowest BCUT2D eigenvalue weighted by Crippen LogP contribution is -2.21. The summed E-state index contributed by atoms with van der Waals surface area (Å²) in [6.07, 6.45) is 2.96. The number of aromatic hydroxyl groups is 3. The summed E-state index contributed by atoms with van der Waals surface area (Å²) in [5, 5.41) is 35.9. The zero-order chi connectivity index (χ0) is 17.6. The van der Waals surface area contributed by atoms with Crippen LogP contribution in [0.5, 0.6) is 17.2 Å². The molecule has 124 valence electrons. The maximum absolute atomic E-state index is 13.0. The van der Waals surface area contributed by atoms with E-state index in [9.17, 15) is 20.1 Å². The fourth-order valence-electron chi connectivity index (χ4n) is 2.69. The Balaban J connectivity index is 2.19. The minimum Gasteiger partial charge on any atom is -0.504 e. The standard InChI is InChI=1S/C17H12N4O4/c22-12-6-11-13(15(24)14(12)23)17(25)21(10-7-18-19-8-10)16(20-11)9-4-2-1-3-5-9/h1-8,22-24H,(H,18,19). The molecule has 0 spiro atoms. The van der Waals surface area contributed by atoms with Crippen molar-refractivity contribution in [2.24, 2.45) is 0 Å². The second-order valence-corrected chi connectivity index (χ2v) is 5.39. The molecule has 25 heavy (non-hydrogen) atoms. The van der Waals surface area contributed by atoms with Crippen molar-refractivity contribution in [3.8, 4) is 34.3 Å². The van der Waals surface area contributed by atoms with Crippen LogP contribution >= 0.6 is 0 Å². The molecule has 0 unspecified atom stereocenters. The summed E-state index contributed by atoms with van der Waals surface area (Å²) >= 11 is 0. The van der Waals surface area contributed by atoms with Crippen LogP contribution in [0.1, 0.15) is 0 Å². The largest absolute Gasteiger partial charge is 0.504 e. The van der Waals surface area contributed by atoms with Gasteiger partial charge in [0.1, 0.15) is 11.2 Å². The average molecular weight is 336 g/mol. The van der Waals surface area contributed by atoms with Crippen molar-refractivity contribution >= 4 is 10.9 Å². The number of phenols is 3. The Bertz CT molecular complexity index is 1140. The summed E-state index contributed by atoms with van der Waals surface area (Å²) in [5.41, 5.74) is 0.550. The Kier molecular flexibility index (Phi) is 3.17. The van der Waals surface area contributed by atoms with Crippen molar-refractivity contribution in [3.63, 3.8) is 0 Å². The average Bonchev–Trinajstić information content (AvgIpc) is 3.14. The van der Waals surface area contributed by atoms with E-state index >= 15 is 0 Å². The Morgan fingerprint density at radius 3 is 2.48 bits per heavy atom. The highest BCUT2D eigenvalue weighted by Crippen LogP contribution is 2.39. The van der Waals surface area contributed by atoms with Crippen LogP contribution in [0, 0.1) is 0 Å². The van der Waals surface area contributed by atoms with E-state index in [0.717, 1.165) is 6.07 Å². The van der Waals surface area contributed by atoms with Crippen LogP contribution in [0.25, 0.3) is 28.0 Å². The van der Waals surface area contributed by atoms with Gasteiger partial charge in [-0.05, 0) is 0 Å². The minimum atomic E-state index is -0.766. The minimum absolute atomic E-state index is 0.0661. The Morgan fingerprint density at radius 2 is 1.80 bits per heavy atom. The maximum atomic E-state index is 13.0. The van der Waals surface area contributed by atoms with Gasteiger partial charge in [0.25, 0.3) is 5.56 Å². The highest BCUT2D eigenvalue weighted by atomic mass is 16.3. The number of fused-ring (bicyclic) bond motifs is 1. The molecule has 0 saturated heterocycles. The summed E-state index contributed by atoms with van der Waals surface area (Å²) in [6, 6.07) is 10.1. The highest BCUT2D eigenvalue weighted by molar-refractivity contribution is 5.90. The number of hydrogen-bond acceptors (Lipinski definition) is 6. The number of aromatic amines is 1. The zero-order valence-electron chi connectivity index (χ0n) is 12.7. The molecule has 2 aromatic carbocycles. The van der Waals surface area contributed by atoms with Gasteiger partial charge >= 0.3 is 0 Å². The van der Waals surface area contributed by atoms with Gasteiger partial charge in [-0.1, -0.05) is 30.3 Å². The van der Waals surface area contributed by atoms with Gasteiger partial charge in [0.2, 0.25) is 5.75 Å². The predicted molar refractivity (Wildman–Crippen MR) is 89.9 cm³/mol. The van der Waals surface area contributed by atoms with Crippen LogP contribution in [0.2, 0.25) is 0 Å². The first-order valence-corrected chi connectivity index (χ1v) is 7.33. The number of benzene rings is 2. The van der Waals surface area contributed by atoms with E-state index in [-0.39, 0.29) is 10.9 Å². The first-order chi connectivity index (χ1) is 12.1. The van der Waals surface area contributed by atoms with E-state index < -0.39 is 22.8 Å². The van der Waals surface area contributed by atoms with Crippen molar-refractivity contribution < 1.29 is 15.3 Å². The molecule has 2 heterocycles. The zero-order valence-corrected chi connectivity index (χ0v) is 12.7. The van der Waals surface area contributed by atoms with Crippen molar-refractivity contribution in [2.75, 3.05) is 0 Å². The Morgan fingerprint density at radius 1 is 1.04 bits per heavy atom. The number of aromatic nitrogens is 4. The molecule has 8 heteroatoms. The SMILES string of the molecule is O=c1c2c(O)c(O)c(O)cc2nc(-c2ccccc2)n1-c1cn[nH]c1. The van der Waals surface area contributed by atoms with Gasteiger partial charge in [-0.2, -0.15) is 5.10 Å². The molecule has 4 aromatic rings. The number of rotatable bonds is 2. The summed E-state index contributed by atoms with van der Waals surface area (Å²) in [7, 11) is 0. The van der Waals surface area contributed by atoms with Gasteiger partial charge in [-0.15, -0.1) is 0 Å². The van der Waals surface area contributed by atoms with Gasteiger partial charge in [0.15, 0.2) is 11.5 Å². The molecule has 4 rings (SSSR count). The van der Waals surface area contributed by atoms with Crippen molar-refractivity contribution in [1.82, 2.24) is 19.7 Å². The molecule has 0 aliphatic carbocycles. The molecule has 4 N–H and O–H groups in total. The van der Waals surface area contributed by atoms with E-state index in [1.165, 1.54) is 17.0 Å². The number of nitrogens with one attached hydrogen (secondary N) is 1. The van der Waals surface area contributed by atoms with Crippen LogP contribution in [-0.2, 0) is 0 Å². The maximum Gasteiger partial charge on any atom is 0.270 e. The number of hydrogen-bond donors (Lipinski definition) is 4.